The van der Waals surface area contributed by atoms with Crippen LogP contribution >= 0.6 is 0 Å². The van der Waals surface area contributed by atoms with Crippen molar-refractivity contribution in [3.8, 4) is 0 Å². The van der Waals surface area contributed by atoms with Crippen LogP contribution in [0.25, 0.3) is 0 Å². The molecular formula is C7H19NSi. The van der Waals surface area contributed by atoms with Crippen molar-refractivity contribution in [2.75, 3.05) is 13.6 Å². The molecule has 56 valence electrons. The Morgan fingerprint density at radius 2 is 2.11 bits per heavy atom. The summed E-state index contributed by atoms with van der Waals surface area (Å²) in [7, 11) is 3.38. The first kappa shape index (κ1) is 9.18. The summed E-state index contributed by atoms with van der Waals surface area (Å²) in [5, 5.41) is 3.20. The van der Waals surface area contributed by atoms with Crippen molar-refractivity contribution in [3.63, 3.8) is 0 Å². The van der Waals surface area contributed by atoms with Gasteiger partial charge in [0.25, 0.3) is 0 Å². The molecule has 0 spiro atoms. The second kappa shape index (κ2) is 5.00. The molecule has 0 aromatic carbocycles. The quantitative estimate of drug-likeness (QED) is 0.565. The molecule has 0 amide bonds. The zero-order valence-electron chi connectivity index (χ0n) is 7.07. The molecule has 0 aliphatic rings. The Bertz CT molecular complexity index is 65.9. The first-order valence-corrected chi connectivity index (χ1v) is 5.02. The van der Waals surface area contributed by atoms with Gasteiger partial charge >= 0.3 is 0 Å². The second-order valence-electron chi connectivity index (χ2n) is 2.92. The van der Waals surface area contributed by atoms with Gasteiger partial charge in [0.05, 0.1) is 0 Å². The molecule has 0 aromatic rings. The Hall–Kier alpha value is 0.177. The molecule has 0 saturated heterocycles. The van der Waals surface area contributed by atoms with Crippen molar-refractivity contribution >= 4 is 10.2 Å². The summed E-state index contributed by atoms with van der Waals surface area (Å²) in [6.07, 6.45) is 1.36. The second-order valence-corrected chi connectivity index (χ2v) is 4.40. The van der Waals surface area contributed by atoms with Gasteiger partial charge in [0.2, 0.25) is 0 Å². The van der Waals surface area contributed by atoms with Gasteiger partial charge in [-0.3, -0.25) is 0 Å². The maximum atomic E-state index is 3.20. The third-order valence-corrected chi connectivity index (χ3v) is 4.10. The van der Waals surface area contributed by atoms with E-state index in [1.165, 1.54) is 23.2 Å². The van der Waals surface area contributed by atoms with Crippen LogP contribution in [0.3, 0.4) is 0 Å². The van der Waals surface area contributed by atoms with E-state index in [0.717, 1.165) is 11.5 Å². The molecule has 2 atom stereocenters. The molecule has 0 bridgehead atoms. The van der Waals surface area contributed by atoms with Crippen molar-refractivity contribution in [1.82, 2.24) is 5.32 Å². The number of rotatable bonds is 4. The van der Waals surface area contributed by atoms with Crippen LogP contribution in [0.4, 0.5) is 0 Å². The van der Waals surface area contributed by atoms with Crippen molar-refractivity contribution < 1.29 is 0 Å². The number of hydrogen-bond donors (Lipinski definition) is 1. The molecule has 0 rings (SSSR count). The van der Waals surface area contributed by atoms with E-state index in [4.69, 9.17) is 0 Å². The molecule has 0 aliphatic carbocycles. The summed E-state index contributed by atoms with van der Waals surface area (Å²) in [6.45, 7) is 5.80. The van der Waals surface area contributed by atoms with Gasteiger partial charge in [0, 0.05) is 10.2 Å². The highest BCUT2D eigenvalue weighted by atomic mass is 28.1. The summed E-state index contributed by atoms with van der Waals surface area (Å²) in [4.78, 5) is 0. The van der Waals surface area contributed by atoms with Gasteiger partial charge in [-0.05, 0) is 19.5 Å². The minimum absolute atomic E-state index is 0.881. The van der Waals surface area contributed by atoms with E-state index in [1.807, 2.05) is 7.05 Å². The largest absolute Gasteiger partial charge is 0.319 e. The predicted octanol–water partition coefficient (Wildman–Crippen LogP) is 0.406. The third kappa shape index (κ3) is 3.70. The van der Waals surface area contributed by atoms with E-state index in [1.54, 1.807) is 0 Å². The molecule has 1 nitrogen and oxygen atoms in total. The molecule has 0 saturated carbocycles. The monoisotopic (exact) mass is 145 g/mol. The van der Waals surface area contributed by atoms with Crippen molar-refractivity contribution in [2.24, 2.45) is 5.92 Å². The fraction of sp³-hybridized carbons (Fsp3) is 1.00. The lowest BCUT2D eigenvalue weighted by Gasteiger charge is -2.16. The lowest BCUT2D eigenvalue weighted by Crippen LogP contribution is -2.20. The summed E-state index contributed by atoms with van der Waals surface area (Å²) in [5.41, 5.74) is 0.998. The molecule has 9 heavy (non-hydrogen) atoms. The highest BCUT2D eigenvalue weighted by molar-refractivity contribution is 6.11. The standard InChI is InChI=1S/C7H19NSi/c1-4-7(9)6(2)5-8-3/h6-8H,4-5H2,1-3,9H3. The molecule has 2 unspecified atom stereocenters. The van der Waals surface area contributed by atoms with Crippen LogP contribution in [0.2, 0.25) is 5.54 Å². The molecule has 0 radical (unpaired) electrons. The van der Waals surface area contributed by atoms with Crippen LogP contribution in [0, 0.1) is 5.92 Å². The van der Waals surface area contributed by atoms with Crippen LogP contribution in [0.5, 0.6) is 0 Å². The van der Waals surface area contributed by atoms with Gasteiger partial charge in [-0.2, -0.15) is 0 Å². The summed E-state index contributed by atoms with van der Waals surface area (Å²) < 4.78 is 0. The van der Waals surface area contributed by atoms with Crippen LogP contribution < -0.4 is 5.32 Å². The van der Waals surface area contributed by atoms with Crippen molar-refractivity contribution in [3.05, 3.63) is 0 Å². The molecule has 1 N–H and O–H groups in total. The predicted molar refractivity (Wildman–Crippen MR) is 47.1 cm³/mol. The Kier molecular flexibility index (Phi) is 5.10. The maximum Gasteiger partial charge on any atom is 0.00711 e. The Morgan fingerprint density at radius 3 is 2.44 bits per heavy atom. The first-order chi connectivity index (χ1) is 4.22. The third-order valence-electron chi connectivity index (χ3n) is 2.14. The number of nitrogens with one attached hydrogen (secondary N) is 1. The average molecular weight is 145 g/mol. The molecular weight excluding hydrogens is 126 g/mol. The highest BCUT2D eigenvalue weighted by Crippen LogP contribution is 2.15. The highest BCUT2D eigenvalue weighted by Gasteiger charge is 2.07. The molecule has 0 aromatic heterocycles. The van der Waals surface area contributed by atoms with E-state index in [9.17, 15) is 0 Å². The maximum absolute atomic E-state index is 3.20. The van der Waals surface area contributed by atoms with Gasteiger partial charge in [0.15, 0.2) is 0 Å². The van der Waals surface area contributed by atoms with Gasteiger partial charge < -0.3 is 5.32 Å². The molecule has 0 heterocycles. The van der Waals surface area contributed by atoms with Gasteiger partial charge in [-0.25, -0.2) is 0 Å². The van der Waals surface area contributed by atoms with Crippen molar-refractivity contribution in [1.29, 1.82) is 0 Å². The lowest BCUT2D eigenvalue weighted by atomic mass is 10.1. The van der Waals surface area contributed by atoms with Crippen LogP contribution in [0.15, 0.2) is 0 Å². The van der Waals surface area contributed by atoms with Crippen LogP contribution in [-0.2, 0) is 0 Å². The molecule has 0 fully saturated rings. The summed E-state index contributed by atoms with van der Waals surface area (Å²) in [6, 6.07) is 0. The Morgan fingerprint density at radius 1 is 1.56 bits per heavy atom. The molecule has 2 heteroatoms. The lowest BCUT2D eigenvalue weighted by molar-refractivity contribution is 0.498. The van der Waals surface area contributed by atoms with E-state index in [-0.39, 0.29) is 0 Å². The van der Waals surface area contributed by atoms with E-state index in [2.05, 4.69) is 19.2 Å². The van der Waals surface area contributed by atoms with Crippen molar-refractivity contribution in [2.45, 2.75) is 25.8 Å². The normalized spacial score (nSPS) is 17.7. The van der Waals surface area contributed by atoms with E-state index >= 15 is 0 Å². The van der Waals surface area contributed by atoms with E-state index < -0.39 is 0 Å². The minimum atomic E-state index is 0.881. The van der Waals surface area contributed by atoms with Gasteiger partial charge in [-0.1, -0.05) is 25.8 Å². The zero-order chi connectivity index (χ0) is 7.28. The zero-order valence-corrected chi connectivity index (χ0v) is 9.07. The fourth-order valence-electron chi connectivity index (χ4n) is 0.926. The summed E-state index contributed by atoms with van der Waals surface area (Å²) in [5.74, 6) is 0.881. The van der Waals surface area contributed by atoms with E-state index in [0.29, 0.717) is 0 Å². The topological polar surface area (TPSA) is 12.0 Å². The fourth-order valence-corrected chi connectivity index (χ4v) is 1.16. The Labute approximate surface area is 61.6 Å². The number of hydrogen-bond acceptors (Lipinski definition) is 1. The minimum Gasteiger partial charge on any atom is -0.319 e. The first-order valence-electron chi connectivity index (χ1n) is 3.87. The summed E-state index contributed by atoms with van der Waals surface area (Å²) >= 11 is 0. The Balaban J connectivity index is 3.32. The molecule has 0 aliphatic heterocycles. The van der Waals surface area contributed by atoms with Gasteiger partial charge in [-0.15, -0.1) is 0 Å². The average Bonchev–Trinajstić information content (AvgIpc) is 1.87. The van der Waals surface area contributed by atoms with Crippen LogP contribution in [-0.4, -0.2) is 23.8 Å². The van der Waals surface area contributed by atoms with Crippen LogP contribution in [0.1, 0.15) is 20.3 Å². The SMILES string of the molecule is CCC([SiH3])C(C)CNC. The van der Waals surface area contributed by atoms with Gasteiger partial charge in [0.1, 0.15) is 0 Å². The smallest absolute Gasteiger partial charge is 0.00711 e.